The van der Waals surface area contributed by atoms with E-state index in [1.165, 1.54) is 0 Å². The van der Waals surface area contributed by atoms with Gasteiger partial charge in [0.2, 0.25) is 5.91 Å². The Morgan fingerprint density at radius 3 is 2.74 bits per heavy atom. The van der Waals surface area contributed by atoms with E-state index in [1.54, 1.807) is 6.92 Å². The van der Waals surface area contributed by atoms with E-state index in [0.29, 0.717) is 19.4 Å². The molecule has 1 fully saturated rings. The molecule has 0 radical (unpaired) electrons. The van der Waals surface area contributed by atoms with Crippen LogP contribution in [0.2, 0.25) is 0 Å². The van der Waals surface area contributed by atoms with Crippen LogP contribution in [-0.4, -0.2) is 35.6 Å². The van der Waals surface area contributed by atoms with Crippen LogP contribution >= 0.6 is 0 Å². The third-order valence-corrected chi connectivity index (χ3v) is 3.88. The van der Waals surface area contributed by atoms with E-state index in [0.717, 1.165) is 32.2 Å². The van der Waals surface area contributed by atoms with Crippen LogP contribution in [0.25, 0.3) is 0 Å². The Kier molecular flexibility index (Phi) is 6.28. The molecular formula is C14H26N2O3. The molecule has 0 spiro atoms. The first-order valence-corrected chi connectivity index (χ1v) is 7.28. The molecule has 2 unspecified atom stereocenters. The molecule has 0 bridgehead atoms. The van der Waals surface area contributed by atoms with Gasteiger partial charge in [-0.05, 0) is 38.6 Å². The predicted molar refractivity (Wildman–Crippen MR) is 73.9 cm³/mol. The molecule has 110 valence electrons. The van der Waals surface area contributed by atoms with Crippen molar-refractivity contribution in [3.63, 3.8) is 0 Å². The third kappa shape index (κ3) is 4.49. The van der Waals surface area contributed by atoms with E-state index in [9.17, 15) is 9.59 Å². The summed E-state index contributed by atoms with van der Waals surface area (Å²) < 4.78 is 0. The second-order valence-electron chi connectivity index (χ2n) is 5.50. The number of amides is 1. The normalized spacial score (nSPS) is 24.1. The van der Waals surface area contributed by atoms with Crippen LogP contribution in [-0.2, 0) is 9.59 Å². The van der Waals surface area contributed by atoms with Gasteiger partial charge in [-0.3, -0.25) is 9.59 Å². The van der Waals surface area contributed by atoms with Gasteiger partial charge in [-0.2, -0.15) is 0 Å². The largest absolute Gasteiger partial charge is 0.481 e. The summed E-state index contributed by atoms with van der Waals surface area (Å²) in [6.45, 7) is 5.25. The summed E-state index contributed by atoms with van der Waals surface area (Å²) in [4.78, 5) is 22.9. The minimum absolute atomic E-state index is 0.0785. The van der Waals surface area contributed by atoms with Crippen LogP contribution < -0.4 is 10.6 Å². The molecule has 1 amide bonds. The van der Waals surface area contributed by atoms with Gasteiger partial charge in [-0.1, -0.05) is 20.3 Å². The minimum atomic E-state index is -0.772. The molecule has 0 aromatic carbocycles. The van der Waals surface area contributed by atoms with Gasteiger partial charge >= 0.3 is 5.97 Å². The Labute approximate surface area is 115 Å². The molecule has 5 heteroatoms. The third-order valence-electron chi connectivity index (χ3n) is 3.88. The van der Waals surface area contributed by atoms with Crippen LogP contribution in [0.1, 0.15) is 52.4 Å². The zero-order valence-corrected chi connectivity index (χ0v) is 12.0. The first kappa shape index (κ1) is 16.0. The van der Waals surface area contributed by atoms with Crippen molar-refractivity contribution < 1.29 is 14.7 Å². The molecule has 0 aromatic rings. The van der Waals surface area contributed by atoms with E-state index < -0.39 is 5.97 Å². The van der Waals surface area contributed by atoms with Gasteiger partial charge in [-0.25, -0.2) is 0 Å². The van der Waals surface area contributed by atoms with Crippen molar-refractivity contribution in [1.29, 1.82) is 0 Å². The number of carbonyl (C=O) groups is 2. The number of rotatable bonds is 8. The van der Waals surface area contributed by atoms with Gasteiger partial charge < -0.3 is 15.7 Å². The van der Waals surface area contributed by atoms with E-state index in [-0.39, 0.29) is 17.4 Å². The fraction of sp³-hybridized carbons (Fsp3) is 0.857. The lowest BCUT2D eigenvalue weighted by Gasteiger charge is -2.27. The molecule has 0 saturated carbocycles. The van der Waals surface area contributed by atoms with Crippen LogP contribution in [0.15, 0.2) is 0 Å². The average Bonchev–Trinajstić information content (AvgIpc) is 2.84. The van der Waals surface area contributed by atoms with Crippen molar-refractivity contribution in [3.05, 3.63) is 0 Å². The van der Waals surface area contributed by atoms with Crippen LogP contribution in [0, 0.1) is 5.92 Å². The standard InChI is InChI=1S/C14H26N2O3/c1-3-7-14(8-5-10-16-14)13(19)15-9-4-6-11(2)12(17)18/h11,16H,3-10H2,1-2H3,(H,15,19)(H,17,18). The summed E-state index contributed by atoms with van der Waals surface area (Å²) in [5.74, 6) is -1.04. The van der Waals surface area contributed by atoms with Crippen molar-refractivity contribution in [3.8, 4) is 0 Å². The summed E-state index contributed by atoms with van der Waals surface area (Å²) in [7, 11) is 0. The minimum Gasteiger partial charge on any atom is -0.481 e. The SMILES string of the molecule is CCCC1(C(=O)NCCCC(C)C(=O)O)CCCN1. The van der Waals surface area contributed by atoms with Crippen LogP contribution in [0.5, 0.6) is 0 Å². The fourth-order valence-corrected chi connectivity index (χ4v) is 2.66. The second-order valence-corrected chi connectivity index (χ2v) is 5.50. The van der Waals surface area contributed by atoms with Crippen LogP contribution in [0.4, 0.5) is 0 Å². The van der Waals surface area contributed by atoms with Crippen molar-refractivity contribution in [2.45, 2.75) is 57.9 Å². The van der Waals surface area contributed by atoms with Gasteiger partial charge in [0.05, 0.1) is 11.5 Å². The molecule has 1 rings (SSSR count). The first-order valence-electron chi connectivity index (χ1n) is 7.28. The highest BCUT2D eigenvalue weighted by atomic mass is 16.4. The Bertz CT molecular complexity index is 312. The smallest absolute Gasteiger partial charge is 0.306 e. The Balaban J connectivity index is 2.31. The Hall–Kier alpha value is -1.10. The van der Waals surface area contributed by atoms with E-state index in [1.807, 2.05) is 0 Å². The monoisotopic (exact) mass is 270 g/mol. The molecule has 19 heavy (non-hydrogen) atoms. The number of nitrogens with one attached hydrogen (secondary N) is 2. The predicted octanol–water partition coefficient (Wildman–Crippen LogP) is 1.53. The summed E-state index contributed by atoms with van der Waals surface area (Å²) in [6, 6.07) is 0. The maximum atomic E-state index is 12.2. The van der Waals surface area contributed by atoms with Gasteiger partial charge in [0.1, 0.15) is 0 Å². The molecule has 1 saturated heterocycles. The molecule has 0 aliphatic carbocycles. The Morgan fingerprint density at radius 2 is 2.21 bits per heavy atom. The van der Waals surface area contributed by atoms with E-state index >= 15 is 0 Å². The quantitative estimate of drug-likeness (QED) is 0.584. The van der Waals surface area contributed by atoms with E-state index in [4.69, 9.17) is 5.11 Å². The molecular weight excluding hydrogens is 244 g/mol. The van der Waals surface area contributed by atoms with Crippen molar-refractivity contribution in [2.75, 3.05) is 13.1 Å². The number of hydrogen-bond donors (Lipinski definition) is 3. The zero-order chi connectivity index (χ0) is 14.3. The molecule has 5 nitrogen and oxygen atoms in total. The molecule has 2 atom stereocenters. The van der Waals surface area contributed by atoms with Gasteiger partial charge in [0.15, 0.2) is 0 Å². The van der Waals surface area contributed by atoms with Crippen molar-refractivity contribution >= 4 is 11.9 Å². The second kappa shape index (κ2) is 7.48. The Morgan fingerprint density at radius 1 is 1.47 bits per heavy atom. The van der Waals surface area contributed by atoms with Crippen molar-refractivity contribution in [2.24, 2.45) is 5.92 Å². The fourth-order valence-electron chi connectivity index (χ4n) is 2.66. The molecule has 1 heterocycles. The highest BCUT2D eigenvalue weighted by molar-refractivity contribution is 5.86. The maximum Gasteiger partial charge on any atom is 0.306 e. The highest BCUT2D eigenvalue weighted by Crippen LogP contribution is 2.24. The van der Waals surface area contributed by atoms with Crippen molar-refractivity contribution in [1.82, 2.24) is 10.6 Å². The summed E-state index contributed by atoms with van der Waals surface area (Å²) in [5.41, 5.74) is -0.382. The number of carboxylic acid groups (broad SMARTS) is 1. The number of carbonyl (C=O) groups excluding carboxylic acids is 1. The first-order chi connectivity index (χ1) is 9.02. The van der Waals surface area contributed by atoms with Crippen LogP contribution in [0.3, 0.4) is 0 Å². The number of carboxylic acids is 1. The molecule has 3 N–H and O–H groups in total. The molecule has 1 aliphatic heterocycles. The maximum absolute atomic E-state index is 12.2. The topological polar surface area (TPSA) is 78.4 Å². The van der Waals surface area contributed by atoms with Gasteiger partial charge in [-0.15, -0.1) is 0 Å². The lowest BCUT2D eigenvalue weighted by Crippen LogP contribution is -2.53. The average molecular weight is 270 g/mol. The summed E-state index contributed by atoms with van der Waals surface area (Å²) in [6.07, 6.45) is 5.10. The van der Waals surface area contributed by atoms with Gasteiger partial charge in [0, 0.05) is 6.54 Å². The summed E-state index contributed by atoms with van der Waals surface area (Å²) in [5, 5.41) is 15.1. The van der Waals surface area contributed by atoms with E-state index in [2.05, 4.69) is 17.6 Å². The summed E-state index contributed by atoms with van der Waals surface area (Å²) >= 11 is 0. The number of aliphatic carboxylic acids is 1. The zero-order valence-electron chi connectivity index (χ0n) is 12.0. The molecule has 1 aliphatic rings. The number of hydrogen-bond acceptors (Lipinski definition) is 3. The lowest BCUT2D eigenvalue weighted by atomic mass is 9.91. The molecule has 0 aromatic heterocycles. The lowest BCUT2D eigenvalue weighted by molar-refractivity contribution is -0.141. The van der Waals surface area contributed by atoms with Gasteiger partial charge in [0.25, 0.3) is 0 Å². The highest BCUT2D eigenvalue weighted by Gasteiger charge is 2.39.